The number of amides is 2. The van der Waals surface area contributed by atoms with Crippen molar-refractivity contribution in [3.8, 4) is 11.3 Å². The maximum absolute atomic E-state index is 12.7. The molecule has 1 fully saturated rings. The van der Waals surface area contributed by atoms with Crippen molar-refractivity contribution in [3.63, 3.8) is 0 Å². The minimum Gasteiger partial charge on any atom is -0.312 e. The molecule has 4 rings (SSSR count). The summed E-state index contributed by atoms with van der Waals surface area (Å²) in [5.41, 5.74) is 4.16. The molecule has 1 aromatic carbocycles. The first-order valence-corrected chi connectivity index (χ1v) is 11.2. The highest BCUT2D eigenvalue weighted by atomic mass is 32.1. The molecule has 2 aliphatic rings. The van der Waals surface area contributed by atoms with Gasteiger partial charge in [-0.2, -0.15) is 0 Å². The SMILES string of the molecule is Cc1sc(NC(=O)C2CCC2)nc1-c1ccc2c(c1)CCN2C(=O)CC(C)(C)C. The van der Waals surface area contributed by atoms with Crippen LogP contribution in [0, 0.1) is 18.3 Å². The fourth-order valence-electron chi connectivity index (χ4n) is 3.95. The Balaban J connectivity index is 1.52. The number of anilines is 2. The number of aryl methyl sites for hydroxylation is 1. The molecule has 2 aromatic rings. The normalized spacial score (nSPS) is 16.5. The van der Waals surface area contributed by atoms with Crippen molar-refractivity contribution in [1.82, 2.24) is 4.98 Å². The maximum Gasteiger partial charge on any atom is 0.229 e. The number of benzene rings is 1. The lowest BCUT2D eigenvalue weighted by atomic mass is 9.85. The molecule has 0 unspecified atom stereocenters. The zero-order valence-corrected chi connectivity index (χ0v) is 18.5. The van der Waals surface area contributed by atoms with E-state index in [0.29, 0.717) is 11.6 Å². The third-order valence-corrected chi connectivity index (χ3v) is 6.62. The third kappa shape index (κ3) is 4.22. The molecule has 1 N–H and O–H groups in total. The summed E-state index contributed by atoms with van der Waals surface area (Å²) in [6, 6.07) is 6.24. The van der Waals surface area contributed by atoms with Gasteiger partial charge in [-0.3, -0.25) is 9.59 Å². The highest BCUT2D eigenvalue weighted by Gasteiger charge is 2.29. The molecule has 154 valence electrons. The fraction of sp³-hybridized carbons (Fsp3) is 0.522. The van der Waals surface area contributed by atoms with Gasteiger partial charge in [-0.25, -0.2) is 4.98 Å². The first-order valence-electron chi connectivity index (χ1n) is 10.4. The van der Waals surface area contributed by atoms with Crippen LogP contribution in [0.1, 0.15) is 56.9 Å². The first kappa shape index (κ1) is 20.1. The van der Waals surface area contributed by atoms with Gasteiger partial charge in [0.15, 0.2) is 5.13 Å². The Morgan fingerprint density at radius 2 is 2.03 bits per heavy atom. The lowest BCUT2D eigenvalue weighted by molar-refractivity contribution is -0.122. The molecule has 2 heterocycles. The van der Waals surface area contributed by atoms with Gasteiger partial charge in [0, 0.05) is 35.0 Å². The zero-order valence-electron chi connectivity index (χ0n) is 17.7. The Kier molecular flexibility index (Phi) is 5.23. The average molecular weight is 412 g/mol. The second-order valence-corrected chi connectivity index (χ2v) is 10.6. The molecule has 29 heavy (non-hydrogen) atoms. The van der Waals surface area contributed by atoms with Crippen molar-refractivity contribution in [2.75, 3.05) is 16.8 Å². The molecule has 0 spiro atoms. The molecule has 1 saturated carbocycles. The van der Waals surface area contributed by atoms with E-state index in [4.69, 9.17) is 4.98 Å². The van der Waals surface area contributed by atoms with E-state index in [1.165, 1.54) is 16.9 Å². The van der Waals surface area contributed by atoms with E-state index in [1.54, 1.807) is 0 Å². The number of nitrogens with one attached hydrogen (secondary N) is 1. The van der Waals surface area contributed by atoms with E-state index < -0.39 is 0 Å². The van der Waals surface area contributed by atoms with Crippen molar-refractivity contribution in [2.24, 2.45) is 11.3 Å². The molecule has 1 aliphatic heterocycles. The minimum absolute atomic E-state index is 0.0161. The van der Waals surface area contributed by atoms with E-state index in [1.807, 2.05) is 24.0 Å². The van der Waals surface area contributed by atoms with Crippen LogP contribution in [0.15, 0.2) is 18.2 Å². The third-order valence-electron chi connectivity index (χ3n) is 5.73. The summed E-state index contributed by atoms with van der Waals surface area (Å²) in [4.78, 5) is 32.6. The van der Waals surface area contributed by atoms with E-state index in [2.05, 4.69) is 32.2 Å². The summed E-state index contributed by atoms with van der Waals surface area (Å²) in [6.07, 6.45) is 4.53. The Hall–Kier alpha value is -2.21. The number of thiazole rings is 1. The van der Waals surface area contributed by atoms with E-state index in [9.17, 15) is 9.59 Å². The molecular formula is C23H29N3O2S. The Morgan fingerprint density at radius 3 is 2.69 bits per heavy atom. The number of rotatable bonds is 4. The number of carbonyl (C=O) groups is 2. The average Bonchev–Trinajstić information content (AvgIpc) is 3.14. The van der Waals surface area contributed by atoms with Crippen LogP contribution in [-0.4, -0.2) is 23.3 Å². The predicted octanol–water partition coefficient (Wildman–Crippen LogP) is 5.18. The van der Waals surface area contributed by atoms with Crippen LogP contribution in [0.3, 0.4) is 0 Å². The number of hydrogen-bond acceptors (Lipinski definition) is 4. The lowest BCUT2D eigenvalue weighted by Crippen LogP contribution is -2.31. The molecule has 6 heteroatoms. The minimum atomic E-state index is -0.0161. The van der Waals surface area contributed by atoms with Crippen molar-refractivity contribution in [2.45, 2.75) is 59.8 Å². The number of carbonyl (C=O) groups excluding carboxylic acids is 2. The Morgan fingerprint density at radius 1 is 1.28 bits per heavy atom. The molecule has 0 radical (unpaired) electrons. The number of nitrogens with zero attached hydrogens (tertiary/aromatic N) is 2. The number of fused-ring (bicyclic) bond motifs is 1. The Labute approximate surface area is 176 Å². The summed E-state index contributed by atoms with van der Waals surface area (Å²) in [7, 11) is 0. The van der Waals surface area contributed by atoms with Gasteiger partial charge in [-0.05, 0) is 49.3 Å². The van der Waals surface area contributed by atoms with Crippen molar-refractivity contribution in [3.05, 3.63) is 28.6 Å². The summed E-state index contributed by atoms with van der Waals surface area (Å²) in [5, 5.41) is 3.66. The molecule has 1 aliphatic carbocycles. The summed E-state index contributed by atoms with van der Waals surface area (Å²) in [6.45, 7) is 9.07. The van der Waals surface area contributed by atoms with Crippen LogP contribution < -0.4 is 10.2 Å². The van der Waals surface area contributed by atoms with Crippen molar-refractivity contribution in [1.29, 1.82) is 0 Å². The van der Waals surface area contributed by atoms with Crippen LogP contribution in [0.4, 0.5) is 10.8 Å². The zero-order chi connectivity index (χ0) is 20.8. The fourth-order valence-corrected chi connectivity index (χ4v) is 4.79. The van der Waals surface area contributed by atoms with E-state index >= 15 is 0 Å². The monoisotopic (exact) mass is 411 g/mol. The summed E-state index contributed by atoms with van der Waals surface area (Å²) < 4.78 is 0. The second kappa shape index (κ2) is 7.56. The largest absolute Gasteiger partial charge is 0.312 e. The Bertz CT molecular complexity index is 954. The summed E-state index contributed by atoms with van der Waals surface area (Å²) >= 11 is 1.53. The molecule has 2 amide bonds. The van der Waals surface area contributed by atoms with E-state index in [-0.39, 0.29) is 23.1 Å². The highest BCUT2D eigenvalue weighted by molar-refractivity contribution is 7.16. The standard InChI is InChI=1S/C23H29N3O2S/c1-14-20(24-22(29-14)25-21(28)15-6-5-7-15)17-8-9-18-16(12-17)10-11-26(18)19(27)13-23(2,3)4/h8-9,12,15H,5-7,10-11,13H2,1-4H3,(H,24,25,28). The van der Waals surface area contributed by atoms with Crippen LogP contribution in [-0.2, 0) is 16.0 Å². The predicted molar refractivity (Wildman–Crippen MR) is 118 cm³/mol. The second-order valence-electron chi connectivity index (χ2n) is 9.42. The number of hydrogen-bond donors (Lipinski definition) is 1. The molecule has 0 bridgehead atoms. The van der Waals surface area contributed by atoms with Gasteiger partial charge in [0.1, 0.15) is 0 Å². The first-order chi connectivity index (χ1) is 13.7. The smallest absolute Gasteiger partial charge is 0.229 e. The number of aromatic nitrogens is 1. The van der Waals surface area contributed by atoms with Gasteiger partial charge < -0.3 is 10.2 Å². The highest BCUT2D eigenvalue weighted by Crippen LogP contribution is 2.37. The van der Waals surface area contributed by atoms with Gasteiger partial charge in [-0.1, -0.05) is 33.3 Å². The molecule has 5 nitrogen and oxygen atoms in total. The van der Waals surface area contributed by atoms with Crippen molar-refractivity contribution >= 4 is 34.0 Å². The molecule has 0 saturated heterocycles. The van der Waals surface area contributed by atoms with Crippen molar-refractivity contribution < 1.29 is 9.59 Å². The molecule has 1 aromatic heterocycles. The van der Waals surface area contributed by atoms with Gasteiger partial charge in [-0.15, -0.1) is 11.3 Å². The molecular weight excluding hydrogens is 382 g/mol. The topological polar surface area (TPSA) is 62.3 Å². The van der Waals surface area contributed by atoms with Crippen LogP contribution in [0.25, 0.3) is 11.3 Å². The maximum atomic E-state index is 12.7. The van der Waals surface area contributed by atoms with E-state index in [0.717, 1.165) is 54.0 Å². The van der Waals surface area contributed by atoms with Gasteiger partial charge in [0.05, 0.1) is 5.69 Å². The van der Waals surface area contributed by atoms with Gasteiger partial charge in [0.2, 0.25) is 11.8 Å². The van der Waals surface area contributed by atoms with Crippen LogP contribution in [0.5, 0.6) is 0 Å². The van der Waals surface area contributed by atoms with Gasteiger partial charge in [0.25, 0.3) is 0 Å². The molecule has 0 atom stereocenters. The summed E-state index contributed by atoms with van der Waals surface area (Å²) in [5.74, 6) is 0.438. The van der Waals surface area contributed by atoms with Gasteiger partial charge >= 0.3 is 0 Å². The lowest BCUT2D eigenvalue weighted by Gasteiger charge is -2.23. The van der Waals surface area contributed by atoms with Crippen LogP contribution >= 0.6 is 11.3 Å². The van der Waals surface area contributed by atoms with Crippen LogP contribution in [0.2, 0.25) is 0 Å². The quantitative estimate of drug-likeness (QED) is 0.754.